The summed E-state index contributed by atoms with van der Waals surface area (Å²) >= 11 is 0. The SMILES string of the molecule is COCC1CC(C2CCCN2C(C)C)CN1. The third-order valence-electron chi connectivity index (χ3n) is 4.17. The maximum absolute atomic E-state index is 5.23. The Hall–Kier alpha value is -0.120. The predicted octanol–water partition coefficient (Wildman–Crippen LogP) is 1.48. The van der Waals surface area contributed by atoms with E-state index in [1.165, 1.54) is 32.4 Å². The minimum absolute atomic E-state index is 0.588. The van der Waals surface area contributed by atoms with Crippen LogP contribution in [0.4, 0.5) is 0 Å². The van der Waals surface area contributed by atoms with Crippen molar-refractivity contribution >= 4 is 0 Å². The third-order valence-corrected chi connectivity index (χ3v) is 4.17. The number of hydrogen-bond acceptors (Lipinski definition) is 3. The van der Waals surface area contributed by atoms with Gasteiger partial charge >= 0.3 is 0 Å². The van der Waals surface area contributed by atoms with E-state index >= 15 is 0 Å². The number of nitrogens with one attached hydrogen (secondary N) is 1. The molecule has 0 amide bonds. The lowest BCUT2D eigenvalue weighted by Crippen LogP contribution is -2.40. The van der Waals surface area contributed by atoms with Gasteiger partial charge in [-0.3, -0.25) is 4.90 Å². The van der Waals surface area contributed by atoms with Gasteiger partial charge in [0, 0.05) is 25.2 Å². The molecule has 2 heterocycles. The maximum atomic E-state index is 5.23. The first-order valence-electron chi connectivity index (χ1n) is 6.70. The van der Waals surface area contributed by atoms with Gasteiger partial charge in [0.15, 0.2) is 0 Å². The second-order valence-electron chi connectivity index (χ2n) is 5.60. The largest absolute Gasteiger partial charge is 0.383 e. The van der Waals surface area contributed by atoms with Crippen molar-refractivity contribution in [2.45, 2.75) is 51.2 Å². The van der Waals surface area contributed by atoms with E-state index in [9.17, 15) is 0 Å². The second kappa shape index (κ2) is 5.48. The molecule has 0 saturated carbocycles. The molecule has 2 rings (SSSR count). The molecule has 3 unspecified atom stereocenters. The molecule has 1 N–H and O–H groups in total. The summed E-state index contributed by atoms with van der Waals surface area (Å²) in [5.41, 5.74) is 0. The Morgan fingerprint density at radius 2 is 2.25 bits per heavy atom. The van der Waals surface area contributed by atoms with Crippen LogP contribution in [0.15, 0.2) is 0 Å². The third kappa shape index (κ3) is 2.58. The average molecular weight is 226 g/mol. The molecule has 0 aliphatic carbocycles. The van der Waals surface area contributed by atoms with Gasteiger partial charge in [0.25, 0.3) is 0 Å². The van der Waals surface area contributed by atoms with Crippen LogP contribution in [0.3, 0.4) is 0 Å². The number of likely N-dealkylation sites (tertiary alicyclic amines) is 1. The average Bonchev–Trinajstić information content (AvgIpc) is 2.83. The lowest BCUT2D eigenvalue weighted by Gasteiger charge is -2.32. The summed E-state index contributed by atoms with van der Waals surface area (Å²) in [6, 6.07) is 2.10. The van der Waals surface area contributed by atoms with E-state index in [4.69, 9.17) is 4.74 Å². The number of ether oxygens (including phenoxy) is 1. The Bertz CT molecular complexity index is 220. The summed E-state index contributed by atoms with van der Waals surface area (Å²) in [5.74, 6) is 0.838. The van der Waals surface area contributed by atoms with Crippen molar-refractivity contribution < 1.29 is 4.74 Å². The van der Waals surface area contributed by atoms with Gasteiger partial charge in [0.2, 0.25) is 0 Å². The maximum Gasteiger partial charge on any atom is 0.0615 e. The fourth-order valence-corrected chi connectivity index (χ4v) is 3.43. The Labute approximate surface area is 99.5 Å². The van der Waals surface area contributed by atoms with E-state index in [2.05, 4.69) is 24.1 Å². The molecule has 94 valence electrons. The van der Waals surface area contributed by atoms with E-state index < -0.39 is 0 Å². The van der Waals surface area contributed by atoms with E-state index in [1.807, 2.05) is 0 Å². The molecule has 2 aliphatic heterocycles. The molecular formula is C13H26N2O. The van der Waals surface area contributed by atoms with Gasteiger partial charge in [-0.1, -0.05) is 0 Å². The van der Waals surface area contributed by atoms with E-state index in [-0.39, 0.29) is 0 Å². The van der Waals surface area contributed by atoms with Gasteiger partial charge in [0.05, 0.1) is 6.61 Å². The van der Waals surface area contributed by atoms with Crippen molar-refractivity contribution in [3.8, 4) is 0 Å². The molecule has 0 aromatic rings. The molecule has 0 aromatic carbocycles. The zero-order valence-corrected chi connectivity index (χ0v) is 10.9. The summed E-state index contributed by atoms with van der Waals surface area (Å²) in [5, 5.41) is 3.59. The van der Waals surface area contributed by atoms with Gasteiger partial charge in [-0.2, -0.15) is 0 Å². The van der Waals surface area contributed by atoms with Crippen LogP contribution in [-0.4, -0.2) is 49.8 Å². The molecule has 0 bridgehead atoms. The fourth-order valence-electron chi connectivity index (χ4n) is 3.43. The van der Waals surface area contributed by atoms with Crippen LogP contribution >= 0.6 is 0 Å². The monoisotopic (exact) mass is 226 g/mol. The first-order valence-corrected chi connectivity index (χ1v) is 6.70. The van der Waals surface area contributed by atoms with Crippen molar-refractivity contribution in [3.63, 3.8) is 0 Å². The van der Waals surface area contributed by atoms with Gasteiger partial charge in [0.1, 0.15) is 0 Å². The van der Waals surface area contributed by atoms with Crippen LogP contribution in [0.2, 0.25) is 0 Å². The van der Waals surface area contributed by atoms with Gasteiger partial charge < -0.3 is 10.1 Å². The van der Waals surface area contributed by atoms with Crippen molar-refractivity contribution in [1.82, 2.24) is 10.2 Å². The highest BCUT2D eigenvalue weighted by atomic mass is 16.5. The zero-order valence-electron chi connectivity index (χ0n) is 10.9. The number of methoxy groups -OCH3 is 1. The lowest BCUT2D eigenvalue weighted by molar-refractivity contribution is 0.148. The minimum Gasteiger partial charge on any atom is -0.383 e. The van der Waals surface area contributed by atoms with Gasteiger partial charge in [-0.25, -0.2) is 0 Å². The Morgan fingerprint density at radius 1 is 1.44 bits per heavy atom. The summed E-state index contributed by atoms with van der Waals surface area (Å²) in [7, 11) is 1.80. The van der Waals surface area contributed by atoms with Crippen LogP contribution in [0.1, 0.15) is 33.1 Å². The van der Waals surface area contributed by atoms with Gasteiger partial charge in [-0.15, -0.1) is 0 Å². The van der Waals surface area contributed by atoms with E-state index in [0.717, 1.165) is 18.6 Å². The topological polar surface area (TPSA) is 24.5 Å². The molecule has 3 heteroatoms. The smallest absolute Gasteiger partial charge is 0.0615 e. The number of nitrogens with zero attached hydrogens (tertiary/aromatic N) is 1. The van der Waals surface area contributed by atoms with Crippen LogP contribution in [0.5, 0.6) is 0 Å². The van der Waals surface area contributed by atoms with Crippen LogP contribution in [-0.2, 0) is 4.74 Å². The van der Waals surface area contributed by atoms with Crippen molar-refractivity contribution in [2.75, 3.05) is 26.8 Å². The molecule has 2 aliphatic rings. The molecule has 3 atom stereocenters. The molecule has 16 heavy (non-hydrogen) atoms. The summed E-state index contributed by atoms with van der Waals surface area (Å²) in [6.45, 7) is 8.00. The second-order valence-corrected chi connectivity index (χ2v) is 5.60. The predicted molar refractivity (Wildman–Crippen MR) is 66.6 cm³/mol. The Balaban J connectivity index is 1.88. The minimum atomic E-state index is 0.588. The van der Waals surface area contributed by atoms with Crippen LogP contribution in [0, 0.1) is 5.92 Å². The Kier molecular flexibility index (Phi) is 4.22. The highest BCUT2D eigenvalue weighted by molar-refractivity contribution is 4.93. The van der Waals surface area contributed by atoms with Crippen LogP contribution < -0.4 is 5.32 Å². The van der Waals surface area contributed by atoms with Crippen LogP contribution in [0.25, 0.3) is 0 Å². The zero-order chi connectivity index (χ0) is 11.5. The van der Waals surface area contributed by atoms with Gasteiger partial charge in [-0.05, 0) is 52.1 Å². The Morgan fingerprint density at radius 3 is 2.94 bits per heavy atom. The van der Waals surface area contributed by atoms with Crippen molar-refractivity contribution in [2.24, 2.45) is 5.92 Å². The molecule has 0 aromatic heterocycles. The molecule has 2 saturated heterocycles. The fraction of sp³-hybridized carbons (Fsp3) is 1.00. The first-order chi connectivity index (χ1) is 7.72. The molecule has 2 fully saturated rings. The van der Waals surface area contributed by atoms with Crippen molar-refractivity contribution in [1.29, 1.82) is 0 Å². The first kappa shape index (κ1) is 12.3. The van der Waals surface area contributed by atoms with E-state index in [1.54, 1.807) is 7.11 Å². The summed E-state index contributed by atoms with van der Waals surface area (Å²) < 4.78 is 5.23. The lowest BCUT2D eigenvalue weighted by atomic mass is 9.94. The molecular weight excluding hydrogens is 200 g/mol. The molecule has 0 radical (unpaired) electrons. The quantitative estimate of drug-likeness (QED) is 0.786. The molecule has 3 nitrogen and oxygen atoms in total. The number of hydrogen-bond donors (Lipinski definition) is 1. The summed E-state index contributed by atoms with van der Waals surface area (Å²) in [6.07, 6.45) is 4.07. The normalized spacial score (nSPS) is 36.4. The standard InChI is InChI=1S/C13H26N2O/c1-10(2)15-6-4-5-13(15)11-7-12(9-16-3)14-8-11/h10-14H,4-9H2,1-3H3. The van der Waals surface area contributed by atoms with Crippen molar-refractivity contribution in [3.05, 3.63) is 0 Å². The highest BCUT2D eigenvalue weighted by Crippen LogP contribution is 2.30. The highest BCUT2D eigenvalue weighted by Gasteiger charge is 2.37. The van der Waals surface area contributed by atoms with E-state index in [0.29, 0.717) is 12.1 Å². The summed E-state index contributed by atoms with van der Waals surface area (Å²) in [4.78, 5) is 2.70. The number of rotatable bonds is 4. The molecule has 0 spiro atoms.